The van der Waals surface area contributed by atoms with Gasteiger partial charge < -0.3 is 18.6 Å². The minimum Gasteiger partial charge on any atom is -0.407 e. The smallest absolute Gasteiger partial charge is 0.261 e. The third-order valence-corrected chi connectivity index (χ3v) is 15.3. The van der Waals surface area contributed by atoms with Crippen LogP contribution in [0.2, 0.25) is 5.04 Å². The van der Waals surface area contributed by atoms with Gasteiger partial charge in [0.15, 0.2) is 0 Å². The van der Waals surface area contributed by atoms with Crippen LogP contribution in [0.1, 0.15) is 77.8 Å². The summed E-state index contributed by atoms with van der Waals surface area (Å²) in [5, 5.41) is 2.63. The summed E-state index contributed by atoms with van der Waals surface area (Å²) in [6.45, 7) is 14.8. The van der Waals surface area contributed by atoms with Crippen molar-refractivity contribution in [1.29, 1.82) is 0 Å². The lowest BCUT2D eigenvalue weighted by Gasteiger charge is -2.43. The normalized spacial score (nSPS) is 20.0. The molecule has 0 saturated carbocycles. The van der Waals surface area contributed by atoms with Crippen LogP contribution in [0.3, 0.4) is 0 Å². The van der Waals surface area contributed by atoms with Gasteiger partial charge in [-0.15, -0.1) is 0 Å². The number of benzene rings is 4. The first-order valence-corrected chi connectivity index (χ1v) is 20.4. The second-order valence-electron chi connectivity index (χ2n) is 15.3. The molecule has 3 atom stereocenters. The fraction of sp³-hybridized carbons (Fsp3) is 0.422. The van der Waals surface area contributed by atoms with E-state index in [0.717, 1.165) is 38.7 Å². The Kier molecular flexibility index (Phi) is 13.8. The lowest BCUT2D eigenvalue weighted by atomic mass is 9.88. The Hall–Kier alpha value is -3.32. The second-order valence-corrected chi connectivity index (χ2v) is 19.6. The van der Waals surface area contributed by atoms with Crippen LogP contribution in [0.4, 0.5) is 0 Å². The summed E-state index contributed by atoms with van der Waals surface area (Å²) in [5.41, 5.74) is 3.30. The topological polar surface area (TPSA) is 36.9 Å². The van der Waals surface area contributed by atoms with E-state index >= 15 is 0 Å². The third kappa shape index (κ3) is 10.1. The summed E-state index contributed by atoms with van der Waals surface area (Å²) in [4.78, 5) is 0. The fourth-order valence-corrected chi connectivity index (χ4v) is 12.0. The molecule has 50 heavy (non-hydrogen) atoms. The average molecular weight is 691 g/mol. The zero-order valence-corrected chi connectivity index (χ0v) is 32.0. The first-order valence-electron chi connectivity index (χ1n) is 18.5. The van der Waals surface area contributed by atoms with Crippen LogP contribution in [0.25, 0.3) is 0 Å². The first-order chi connectivity index (χ1) is 24.2. The van der Waals surface area contributed by atoms with Gasteiger partial charge in [0.25, 0.3) is 8.32 Å². The molecule has 0 spiro atoms. The van der Waals surface area contributed by atoms with Gasteiger partial charge >= 0.3 is 0 Å². The molecule has 266 valence electrons. The van der Waals surface area contributed by atoms with Gasteiger partial charge in [-0.25, -0.2) is 0 Å². The molecule has 1 fully saturated rings. The van der Waals surface area contributed by atoms with Crippen molar-refractivity contribution in [3.63, 3.8) is 0 Å². The standard InChI is InChI=1S/C45H58O4Si/c1-37(33-49-50(44(2,3)4,41-24-14-8-15-25-41)42-26-16-9-17-27-42)19-18-31-45(5)43(47-35-39-22-12-7-13-23-39)29-28-40(36-48-45)30-32-46-34-38-20-10-6-11-21-38/h6-17,20-27,30,37,43H,18-19,28-29,31-36H2,1-5H3/b40-30+/t37?,43-,45+/m1/s1. The van der Waals surface area contributed by atoms with Crippen molar-refractivity contribution >= 4 is 18.7 Å². The molecule has 1 saturated heterocycles. The molecule has 1 unspecified atom stereocenters. The Morgan fingerprint density at radius 3 is 1.90 bits per heavy atom. The van der Waals surface area contributed by atoms with Gasteiger partial charge in [0.05, 0.1) is 38.1 Å². The molecule has 5 heteroatoms. The Morgan fingerprint density at radius 1 is 0.800 bits per heavy atom. The van der Waals surface area contributed by atoms with Gasteiger partial charge in [-0.2, -0.15) is 0 Å². The highest BCUT2D eigenvalue weighted by molar-refractivity contribution is 6.99. The highest BCUT2D eigenvalue weighted by Crippen LogP contribution is 2.38. The van der Waals surface area contributed by atoms with Crippen LogP contribution < -0.4 is 10.4 Å². The van der Waals surface area contributed by atoms with Gasteiger partial charge in [0.2, 0.25) is 0 Å². The monoisotopic (exact) mass is 690 g/mol. The van der Waals surface area contributed by atoms with Gasteiger partial charge in [0, 0.05) is 6.61 Å². The van der Waals surface area contributed by atoms with Crippen LogP contribution in [0, 0.1) is 5.92 Å². The molecule has 0 radical (unpaired) electrons. The van der Waals surface area contributed by atoms with E-state index in [-0.39, 0.29) is 16.7 Å². The summed E-state index contributed by atoms with van der Waals surface area (Å²) in [6, 6.07) is 42.7. The van der Waals surface area contributed by atoms with Gasteiger partial charge in [-0.1, -0.05) is 162 Å². The van der Waals surface area contributed by atoms with E-state index in [4.69, 9.17) is 18.6 Å². The maximum atomic E-state index is 7.28. The van der Waals surface area contributed by atoms with Crippen molar-refractivity contribution in [2.75, 3.05) is 19.8 Å². The molecule has 5 rings (SSSR count). The number of ether oxygens (including phenoxy) is 3. The predicted octanol–water partition coefficient (Wildman–Crippen LogP) is 9.67. The van der Waals surface area contributed by atoms with E-state index in [1.807, 2.05) is 6.07 Å². The maximum Gasteiger partial charge on any atom is 0.261 e. The van der Waals surface area contributed by atoms with Crippen molar-refractivity contribution in [3.05, 3.63) is 144 Å². The molecular formula is C45H58O4Si. The van der Waals surface area contributed by atoms with Gasteiger partial charge in [-0.3, -0.25) is 0 Å². The minimum absolute atomic E-state index is 0.00232. The predicted molar refractivity (Wildman–Crippen MR) is 209 cm³/mol. The van der Waals surface area contributed by atoms with E-state index < -0.39 is 8.32 Å². The molecule has 1 heterocycles. The largest absolute Gasteiger partial charge is 0.407 e. The Bertz CT molecular complexity index is 1530. The highest BCUT2D eigenvalue weighted by atomic mass is 28.4. The number of hydrogen-bond acceptors (Lipinski definition) is 4. The second kappa shape index (κ2) is 18.3. The summed E-state index contributed by atoms with van der Waals surface area (Å²) in [5.74, 6) is 0.409. The lowest BCUT2D eigenvalue weighted by Crippen LogP contribution is -2.66. The molecule has 0 aliphatic carbocycles. The average Bonchev–Trinajstić information content (AvgIpc) is 3.28. The third-order valence-electron chi connectivity index (χ3n) is 10.3. The van der Waals surface area contributed by atoms with E-state index in [1.54, 1.807) is 0 Å². The van der Waals surface area contributed by atoms with Crippen molar-refractivity contribution in [2.45, 2.75) is 96.7 Å². The summed E-state index contributed by atoms with van der Waals surface area (Å²) in [7, 11) is -2.56. The van der Waals surface area contributed by atoms with Crippen molar-refractivity contribution < 1.29 is 18.6 Å². The zero-order chi connectivity index (χ0) is 35.3. The fourth-order valence-electron chi connectivity index (χ4n) is 7.31. The molecule has 4 aromatic rings. The van der Waals surface area contributed by atoms with Crippen molar-refractivity contribution in [3.8, 4) is 0 Å². The van der Waals surface area contributed by atoms with Crippen molar-refractivity contribution in [2.24, 2.45) is 5.92 Å². The molecule has 0 aromatic heterocycles. The Balaban J connectivity index is 1.23. The quantitative estimate of drug-likeness (QED) is 0.0667. The van der Waals surface area contributed by atoms with Crippen LogP contribution >= 0.6 is 0 Å². The summed E-state index contributed by atoms with van der Waals surface area (Å²) in [6.07, 6.45) is 7.15. The van der Waals surface area contributed by atoms with Crippen LogP contribution in [-0.4, -0.2) is 39.8 Å². The van der Waals surface area contributed by atoms with Gasteiger partial charge in [0.1, 0.15) is 0 Å². The number of rotatable bonds is 16. The molecule has 4 nitrogen and oxygen atoms in total. The molecule has 0 amide bonds. The molecule has 0 N–H and O–H groups in total. The summed E-state index contributed by atoms with van der Waals surface area (Å²) < 4.78 is 26.7. The Labute approximate surface area is 303 Å². The first kappa shape index (κ1) is 37.9. The van der Waals surface area contributed by atoms with E-state index in [1.165, 1.54) is 27.1 Å². The maximum absolute atomic E-state index is 7.28. The number of hydrogen-bond donors (Lipinski definition) is 0. The molecule has 0 bridgehead atoms. The lowest BCUT2D eigenvalue weighted by molar-refractivity contribution is -0.136. The van der Waals surface area contributed by atoms with Crippen LogP contribution in [-0.2, 0) is 31.9 Å². The molecule has 4 aromatic carbocycles. The highest BCUT2D eigenvalue weighted by Gasteiger charge is 2.50. The zero-order valence-electron chi connectivity index (χ0n) is 31.0. The van der Waals surface area contributed by atoms with E-state index in [9.17, 15) is 0 Å². The van der Waals surface area contributed by atoms with Crippen LogP contribution in [0.5, 0.6) is 0 Å². The summed E-state index contributed by atoms with van der Waals surface area (Å²) >= 11 is 0. The van der Waals surface area contributed by atoms with Crippen molar-refractivity contribution in [1.82, 2.24) is 0 Å². The van der Waals surface area contributed by atoms with Gasteiger partial charge in [-0.05, 0) is 70.6 Å². The van der Waals surface area contributed by atoms with E-state index in [2.05, 4.69) is 156 Å². The van der Waals surface area contributed by atoms with Crippen LogP contribution in [0.15, 0.2) is 133 Å². The minimum atomic E-state index is -2.56. The van der Waals surface area contributed by atoms with E-state index in [0.29, 0.717) is 32.3 Å². The molecule has 1 aliphatic heterocycles. The molecular weight excluding hydrogens is 633 g/mol. The SMILES string of the molecule is CC(CCC[C@]1(C)OC/C(=C/COCc2ccccc2)CC[C@H]1OCc1ccccc1)CO[Si](c1ccccc1)(c1ccccc1)C(C)(C)C. The Morgan fingerprint density at radius 2 is 1.34 bits per heavy atom. The molecule has 1 aliphatic rings.